The van der Waals surface area contributed by atoms with Gasteiger partial charge in [0, 0.05) is 18.0 Å². The first-order chi connectivity index (χ1) is 11.5. The van der Waals surface area contributed by atoms with Gasteiger partial charge in [0.25, 0.3) is 0 Å². The Kier molecular flexibility index (Phi) is 7.14. The van der Waals surface area contributed by atoms with E-state index in [9.17, 15) is 4.79 Å². The van der Waals surface area contributed by atoms with Gasteiger partial charge in [-0.3, -0.25) is 4.79 Å². The van der Waals surface area contributed by atoms with E-state index in [0.717, 1.165) is 24.9 Å². The summed E-state index contributed by atoms with van der Waals surface area (Å²) in [7, 11) is 0. The lowest BCUT2D eigenvalue weighted by molar-refractivity contribution is -0.120. The number of hydrogen-bond acceptors (Lipinski definition) is 3. The zero-order valence-corrected chi connectivity index (χ0v) is 16.2. The number of nitrogens with one attached hydrogen (secondary N) is 2. The van der Waals surface area contributed by atoms with Crippen molar-refractivity contribution in [2.75, 3.05) is 11.9 Å². The Bertz CT molecular complexity index is 734. The molecule has 1 amide bonds. The molecule has 1 saturated heterocycles. The van der Waals surface area contributed by atoms with E-state index in [1.54, 1.807) is 23.0 Å². The van der Waals surface area contributed by atoms with Crippen LogP contribution in [0.3, 0.4) is 0 Å². The monoisotopic (exact) mass is 402 g/mol. The quantitative estimate of drug-likeness (QED) is 0.811. The minimum absolute atomic E-state index is 0. The number of rotatable bonds is 4. The minimum Gasteiger partial charge on any atom is -0.314 e. The number of carbonyl (C=O) groups is 1. The Labute approximate surface area is 163 Å². The SMILES string of the molecule is C[C@H]1C[C@@H](C(=O)Nc2ccnn2Cc2cccc(Cl)c2Cl)CCN1.Cl. The molecule has 2 N–H and O–H groups in total. The smallest absolute Gasteiger partial charge is 0.228 e. The van der Waals surface area contributed by atoms with E-state index in [1.807, 2.05) is 12.1 Å². The highest BCUT2D eigenvalue weighted by atomic mass is 35.5. The van der Waals surface area contributed by atoms with Crippen LogP contribution in [0.15, 0.2) is 30.5 Å². The number of amides is 1. The van der Waals surface area contributed by atoms with Crippen molar-refractivity contribution in [2.45, 2.75) is 32.4 Å². The molecule has 0 aliphatic carbocycles. The van der Waals surface area contributed by atoms with Crippen molar-refractivity contribution in [3.8, 4) is 0 Å². The van der Waals surface area contributed by atoms with Crippen molar-refractivity contribution in [3.05, 3.63) is 46.1 Å². The molecule has 1 aromatic carbocycles. The fourth-order valence-electron chi connectivity index (χ4n) is 3.00. The summed E-state index contributed by atoms with van der Waals surface area (Å²) in [5.41, 5.74) is 0.860. The summed E-state index contributed by atoms with van der Waals surface area (Å²) in [6, 6.07) is 7.65. The average Bonchev–Trinajstić information content (AvgIpc) is 2.99. The molecule has 1 aliphatic heterocycles. The van der Waals surface area contributed by atoms with Gasteiger partial charge in [-0.25, -0.2) is 4.68 Å². The lowest BCUT2D eigenvalue weighted by Crippen LogP contribution is -2.40. The zero-order valence-electron chi connectivity index (χ0n) is 13.8. The van der Waals surface area contributed by atoms with E-state index < -0.39 is 0 Å². The number of halogens is 3. The maximum atomic E-state index is 12.5. The highest BCUT2D eigenvalue weighted by Gasteiger charge is 2.25. The molecular formula is C17H21Cl3N4O. The first-order valence-electron chi connectivity index (χ1n) is 8.03. The van der Waals surface area contributed by atoms with Crippen molar-refractivity contribution < 1.29 is 4.79 Å². The molecule has 0 radical (unpaired) electrons. The van der Waals surface area contributed by atoms with E-state index in [2.05, 4.69) is 22.7 Å². The molecule has 2 atom stereocenters. The topological polar surface area (TPSA) is 59.0 Å². The van der Waals surface area contributed by atoms with Crippen LogP contribution in [0.1, 0.15) is 25.3 Å². The summed E-state index contributed by atoms with van der Waals surface area (Å²) >= 11 is 12.3. The van der Waals surface area contributed by atoms with Crippen LogP contribution in [0.2, 0.25) is 10.0 Å². The number of nitrogens with zero attached hydrogens (tertiary/aromatic N) is 2. The second-order valence-corrected chi connectivity index (χ2v) is 6.94. The predicted octanol–water partition coefficient (Wildman–Crippen LogP) is 3.99. The molecule has 0 bridgehead atoms. The molecule has 0 spiro atoms. The normalized spacial score (nSPS) is 20.0. The molecule has 1 fully saturated rings. The van der Waals surface area contributed by atoms with Crippen LogP contribution in [0.4, 0.5) is 5.82 Å². The Morgan fingerprint density at radius 1 is 1.40 bits per heavy atom. The van der Waals surface area contributed by atoms with Gasteiger partial charge in [-0.2, -0.15) is 5.10 Å². The van der Waals surface area contributed by atoms with Crippen LogP contribution in [0.25, 0.3) is 0 Å². The molecular weight excluding hydrogens is 383 g/mol. The number of anilines is 1. The van der Waals surface area contributed by atoms with Gasteiger partial charge in [0.05, 0.1) is 22.8 Å². The summed E-state index contributed by atoms with van der Waals surface area (Å²) in [5.74, 6) is 0.740. The first kappa shape index (κ1) is 20.0. The van der Waals surface area contributed by atoms with Gasteiger partial charge in [0.2, 0.25) is 5.91 Å². The third-order valence-electron chi connectivity index (χ3n) is 4.31. The molecule has 8 heteroatoms. The Hall–Kier alpha value is -1.27. The summed E-state index contributed by atoms with van der Waals surface area (Å²) in [5, 5.41) is 11.7. The molecule has 3 rings (SSSR count). The van der Waals surface area contributed by atoms with Crippen molar-refractivity contribution >= 4 is 47.3 Å². The lowest BCUT2D eigenvalue weighted by atomic mass is 9.92. The Morgan fingerprint density at radius 3 is 2.96 bits per heavy atom. The maximum absolute atomic E-state index is 12.5. The molecule has 25 heavy (non-hydrogen) atoms. The number of hydrogen-bond donors (Lipinski definition) is 2. The van der Waals surface area contributed by atoms with Crippen LogP contribution in [-0.2, 0) is 11.3 Å². The van der Waals surface area contributed by atoms with Gasteiger partial charge >= 0.3 is 0 Å². The Morgan fingerprint density at radius 2 is 2.20 bits per heavy atom. The van der Waals surface area contributed by atoms with Crippen LogP contribution < -0.4 is 10.6 Å². The van der Waals surface area contributed by atoms with E-state index >= 15 is 0 Å². The fourth-order valence-corrected chi connectivity index (χ4v) is 3.37. The van der Waals surface area contributed by atoms with Gasteiger partial charge in [0.1, 0.15) is 5.82 Å². The Balaban J connectivity index is 0.00000225. The highest BCUT2D eigenvalue weighted by Crippen LogP contribution is 2.27. The number of benzene rings is 1. The zero-order chi connectivity index (χ0) is 17.1. The van der Waals surface area contributed by atoms with Gasteiger partial charge < -0.3 is 10.6 Å². The number of carbonyl (C=O) groups excluding carboxylic acids is 1. The molecule has 2 aromatic rings. The van der Waals surface area contributed by atoms with Crippen LogP contribution >= 0.6 is 35.6 Å². The molecule has 136 valence electrons. The highest BCUT2D eigenvalue weighted by molar-refractivity contribution is 6.42. The van der Waals surface area contributed by atoms with Crippen molar-refractivity contribution in [1.82, 2.24) is 15.1 Å². The summed E-state index contributed by atoms with van der Waals surface area (Å²) in [4.78, 5) is 12.5. The standard InChI is InChI=1S/C17H20Cl2N4O.ClH/c1-11-9-12(5-7-20-11)17(24)22-15-6-8-21-23(15)10-13-3-2-4-14(18)16(13)19;/h2-4,6,8,11-12,20H,5,7,9-10H2,1H3,(H,22,24);1H/t11-,12-;/m0./s1. The van der Waals surface area contributed by atoms with E-state index in [-0.39, 0.29) is 24.2 Å². The van der Waals surface area contributed by atoms with Gasteiger partial charge in [0.15, 0.2) is 0 Å². The molecule has 2 heterocycles. The van der Waals surface area contributed by atoms with E-state index in [4.69, 9.17) is 23.2 Å². The first-order valence-corrected chi connectivity index (χ1v) is 8.79. The van der Waals surface area contributed by atoms with Crippen LogP contribution in [0.5, 0.6) is 0 Å². The predicted molar refractivity (Wildman–Crippen MR) is 104 cm³/mol. The summed E-state index contributed by atoms with van der Waals surface area (Å²) < 4.78 is 1.72. The van der Waals surface area contributed by atoms with Crippen molar-refractivity contribution in [2.24, 2.45) is 5.92 Å². The molecule has 5 nitrogen and oxygen atoms in total. The van der Waals surface area contributed by atoms with Crippen molar-refractivity contribution in [3.63, 3.8) is 0 Å². The minimum atomic E-state index is 0. The van der Waals surface area contributed by atoms with E-state index in [0.29, 0.717) is 28.4 Å². The molecule has 1 aromatic heterocycles. The van der Waals surface area contributed by atoms with E-state index in [1.165, 1.54) is 0 Å². The number of aromatic nitrogens is 2. The third-order valence-corrected chi connectivity index (χ3v) is 5.17. The lowest BCUT2D eigenvalue weighted by Gasteiger charge is -2.27. The number of piperidine rings is 1. The van der Waals surface area contributed by atoms with Crippen LogP contribution in [0, 0.1) is 5.92 Å². The summed E-state index contributed by atoms with van der Waals surface area (Å²) in [6.45, 7) is 3.42. The average molecular weight is 404 g/mol. The molecule has 0 saturated carbocycles. The second-order valence-electron chi connectivity index (χ2n) is 6.15. The van der Waals surface area contributed by atoms with Crippen molar-refractivity contribution in [1.29, 1.82) is 0 Å². The fraction of sp³-hybridized carbons (Fsp3) is 0.412. The van der Waals surface area contributed by atoms with Gasteiger partial charge in [-0.15, -0.1) is 12.4 Å². The third kappa shape index (κ3) is 4.88. The largest absolute Gasteiger partial charge is 0.314 e. The maximum Gasteiger partial charge on any atom is 0.228 e. The second kappa shape index (κ2) is 8.90. The van der Waals surface area contributed by atoms with Crippen LogP contribution in [-0.4, -0.2) is 28.3 Å². The summed E-state index contributed by atoms with van der Waals surface area (Å²) in [6.07, 6.45) is 3.36. The molecule has 1 aliphatic rings. The van der Waals surface area contributed by atoms with Gasteiger partial charge in [-0.1, -0.05) is 35.3 Å². The molecule has 0 unspecified atom stereocenters. The van der Waals surface area contributed by atoms with Gasteiger partial charge in [-0.05, 0) is 37.9 Å².